The SMILES string of the molecule is CC(=O)Nc1ccc(C(=O)NNC(=O)COc2ccc(Br)cc2Br)cc1. The van der Waals surface area contributed by atoms with Gasteiger partial charge in [-0.2, -0.15) is 0 Å². The number of nitrogens with one attached hydrogen (secondary N) is 3. The standard InChI is InChI=1S/C17H15Br2N3O4/c1-10(23)20-13-5-2-11(3-6-13)17(25)22-21-16(24)9-26-15-7-4-12(18)8-14(15)19/h2-8H,9H2,1H3,(H,20,23)(H,21,24)(H,22,25). The highest BCUT2D eigenvalue weighted by Gasteiger charge is 2.09. The number of benzene rings is 2. The molecule has 9 heteroatoms. The summed E-state index contributed by atoms with van der Waals surface area (Å²) in [6.07, 6.45) is 0. The first-order valence-corrected chi connectivity index (χ1v) is 8.98. The second kappa shape index (κ2) is 9.35. The van der Waals surface area contributed by atoms with Crippen LogP contribution in [0.3, 0.4) is 0 Å². The van der Waals surface area contributed by atoms with Gasteiger partial charge >= 0.3 is 0 Å². The molecule has 0 unspecified atom stereocenters. The van der Waals surface area contributed by atoms with Crippen LogP contribution in [0, 0.1) is 0 Å². The quantitative estimate of drug-likeness (QED) is 0.568. The van der Waals surface area contributed by atoms with E-state index >= 15 is 0 Å². The molecular formula is C17H15Br2N3O4. The van der Waals surface area contributed by atoms with E-state index in [4.69, 9.17) is 4.74 Å². The Labute approximate surface area is 166 Å². The fourth-order valence-electron chi connectivity index (χ4n) is 1.88. The van der Waals surface area contributed by atoms with E-state index in [-0.39, 0.29) is 12.5 Å². The molecule has 0 saturated carbocycles. The molecule has 0 bridgehead atoms. The van der Waals surface area contributed by atoms with Crippen LogP contribution in [0.15, 0.2) is 51.4 Å². The summed E-state index contributed by atoms with van der Waals surface area (Å²) in [5.74, 6) is -0.698. The molecular weight excluding hydrogens is 470 g/mol. The second-order valence-electron chi connectivity index (χ2n) is 5.12. The number of hydrogen-bond acceptors (Lipinski definition) is 4. The van der Waals surface area contributed by atoms with Gasteiger partial charge in [-0.15, -0.1) is 0 Å². The van der Waals surface area contributed by atoms with Gasteiger partial charge in [-0.25, -0.2) is 0 Å². The van der Waals surface area contributed by atoms with E-state index in [1.807, 2.05) is 0 Å². The van der Waals surface area contributed by atoms with Crippen molar-refractivity contribution in [2.75, 3.05) is 11.9 Å². The molecule has 0 radical (unpaired) electrons. The molecule has 3 amide bonds. The number of hydrazine groups is 1. The average Bonchev–Trinajstić information content (AvgIpc) is 2.59. The Morgan fingerprint density at radius 2 is 1.69 bits per heavy atom. The molecule has 0 spiro atoms. The van der Waals surface area contributed by atoms with Crippen LogP contribution in [0.2, 0.25) is 0 Å². The lowest BCUT2D eigenvalue weighted by molar-refractivity contribution is -0.123. The van der Waals surface area contributed by atoms with Crippen molar-refractivity contribution in [1.82, 2.24) is 10.9 Å². The van der Waals surface area contributed by atoms with Gasteiger partial charge in [0.15, 0.2) is 6.61 Å². The van der Waals surface area contributed by atoms with Gasteiger partial charge in [0.05, 0.1) is 4.47 Å². The Kier molecular flexibility index (Phi) is 7.16. The van der Waals surface area contributed by atoms with Crippen LogP contribution in [-0.2, 0) is 9.59 Å². The molecule has 7 nitrogen and oxygen atoms in total. The van der Waals surface area contributed by atoms with Crippen molar-refractivity contribution in [3.63, 3.8) is 0 Å². The average molecular weight is 485 g/mol. The predicted octanol–water partition coefficient (Wildman–Crippen LogP) is 3.01. The molecule has 26 heavy (non-hydrogen) atoms. The van der Waals surface area contributed by atoms with Crippen molar-refractivity contribution in [3.05, 3.63) is 57.0 Å². The highest BCUT2D eigenvalue weighted by Crippen LogP contribution is 2.28. The largest absolute Gasteiger partial charge is 0.483 e. The molecule has 0 saturated heterocycles. The van der Waals surface area contributed by atoms with Crippen molar-refractivity contribution in [2.24, 2.45) is 0 Å². The van der Waals surface area contributed by atoms with E-state index in [0.29, 0.717) is 21.5 Å². The highest BCUT2D eigenvalue weighted by atomic mass is 79.9. The lowest BCUT2D eigenvalue weighted by Crippen LogP contribution is -2.43. The lowest BCUT2D eigenvalue weighted by atomic mass is 10.2. The normalized spacial score (nSPS) is 9.96. The number of amides is 3. The minimum Gasteiger partial charge on any atom is -0.483 e. The summed E-state index contributed by atoms with van der Waals surface area (Å²) < 4.78 is 6.94. The molecule has 0 aliphatic rings. The maximum absolute atomic E-state index is 12.0. The molecule has 3 N–H and O–H groups in total. The number of carbonyl (C=O) groups excluding carboxylic acids is 3. The minimum absolute atomic E-state index is 0.202. The molecule has 2 aromatic rings. The number of hydrogen-bond donors (Lipinski definition) is 3. The van der Waals surface area contributed by atoms with E-state index in [2.05, 4.69) is 48.0 Å². The predicted molar refractivity (Wildman–Crippen MR) is 104 cm³/mol. The summed E-state index contributed by atoms with van der Waals surface area (Å²) in [5.41, 5.74) is 5.47. The Hall–Kier alpha value is -2.39. The Bertz CT molecular complexity index is 825. The lowest BCUT2D eigenvalue weighted by Gasteiger charge is -2.10. The monoisotopic (exact) mass is 483 g/mol. The van der Waals surface area contributed by atoms with Gasteiger partial charge in [0.25, 0.3) is 11.8 Å². The van der Waals surface area contributed by atoms with E-state index in [1.165, 1.54) is 19.1 Å². The second-order valence-corrected chi connectivity index (χ2v) is 6.89. The van der Waals surface area contributed by atoms with E-state index in [1.54, 1.807) is 30.3 Å². The number of carbonyl (C=O) groups is 3. The Morgan fingerprint density at radius 1 is 1.00 bits per heavy atom. The fourth-order valence-corrected chi connectivity index (χ4v) is 3.04. The molecule has 0 atom stereocenters. The van der Waals surface area contributed by atoms with Crippen LogP contribution in [-0.4, -0.2) is 24.3 Å². The Morgan fingerprint density at radius 3 is 2.31 bits per heavy atom. The number of anilines is 1. The molecule has 0 heterocycles. The van der Waals surface area contributed by atoms with Crippen molar-refractivity contribution < 1.29 is 19.1 Å². The maximum atomic E-state index is 12.0. The highest BCUT2D eigenvalue weighted by molar-refractivity contribution is 9.11. The molecule has 2 aromatic carbocycles. The summed E-state index contributed by atoms with van der Waals surface area (Å²) in [5, 5.41) is 2.60. The third kappa shape index (κ3) is 6.16. The molecule has 0 fully saturated rings. The molecule has 2 rings (SSSR count). The van der Waals surface area contributed by atoms with Crippen molar-refractivity contribution >= 4 is 55.3 Å². The molecule has 0 aliphatic heterocycles. The van der Waals surface area contributed by atoms with Gasteiger partial charge in [-0.1, -0.05) is 15.9 Å². The zero-order valence-corrected chi connectivity index (χ0v) is 16.8. The van der Waals surface area contributed by atoms with E-state index in [0.717, 1.165) is 4.47 Å². The smallest absolute Gasteiger partial charge is 0.276 e. The number of rotatable bonds is 5. The third-order valence-electron chi connectivity index (χ3n) is 3.04. The molecule has 0 aliphatic carbocycles. The maximum Gasteiger partial charge on any atom is 0.276 e. The molecule has 0 aromatic heterocycles. The number of halogens is 2. The van der Waals surface area contributed by atoms with Crippen LogP contribution in [0.4, 0.5) is 5.69 Å². The van der Waals surface area contributed by atoms with Gasteiger partial charge in [-0.3, -0.25) is 25.2 Å². The third-order valence-corrected chi connectivity index (χ3v) is 4.15. The van der Waals surface area contributed by atoms with Gasteiger partial charge in [-0.05, 0) is 58.4 Å². The summed E-state index contributed by atoms with van der Waals surface area (Å²) in [6, 6.07) is 11.5. The van der Waals surface area contributed by atoms with Gasteiger partial charge in [0, 0.05) is 22.6 Å². The summed E-state index contributed by atoms with van der Waals surface area (Å²) in [6.45, 7) is 1.13. The van der Waals surface area contributed by atoms with Crippen LogP contribution in [0.25, 0.3) is 0 Å². The first-order chi connectivity index (χ1) is 12.3. The van der Waals surface area contributed by atoms with E-state index in [9.17, 15) is 14.4 Å². The summed E-state index contributed by atoms with van der Waals surface area (Å²) >= 11 is 6.65. The van der Waals surface area contributed by atoms with Gasteiger partial charge < -0.3 is 10.1 Å². The fraction of sp³-hybridized carbons (Fsp3) is 0.118. The van der Waals surface area contributed by atoms with E-state index < -0.39 is 11.8 Å². The first kappa shape index (κ1) is 19.9. The topological polar surface area (TPSA) is 96.5 Å². The van der Waals surface area contributed by atoms with Crippen LogP contribution in [0.5, 0.6) is 5.75 Å². The van der Waals surface area contributed by atoms with Crippen molar-refractivity contribution in [2.45, 2.75) is 6.92 Å². The van der Waals surface area contributed by atoms with Crippen LogP contribution >= 0.6 is 31.9 Å². The van der Waals surface area contributed by atoms with Crippen LogP contribution in [0.1, 0.15) is 17.3 Å². The minimum atomic E-state index is -0.511. The summed E-state index contributed by atoms with van der Waals surface area (Å²) in [4.78, 5) is 34.7. The van der Waals surface area contributed by atoms with Gasteiger partial charge in [0.2, 0.25) is 5.91 Å². The zero-order chi connectivity index (χ0) is 19.1. The Balaban J connectivity index is 1.81. The van der Waals surface area contributed by atoms with Crippen molar-refractivity contribution in [1.29, 1.82) is 0 Å². The van der Waals surface area contributed by atoms with Crippen molar-refractivity contribution in [3.8, 4) is 5.75 Å². The first-order valence-electron chi connectivity index (χ1n) is 7.40. The zero-order valence-electron chi connectivity index (χ0n) is 13.6. The van der Waals surface area contributed by atoms with Crippen LogP contribution < -0.4 is 20.9 Å². The molecule has 136 valence electrons. The van der Waals surface area contributed by atoms with Gasteiger partial charge in [0.1, 0.15) is 5.75 Å². The summed E-state index contributed by atoms with van der Waals surface area (Å²) in [7, 11) is 0. The number of ether oxygens (including phenoxy) is 1.